The van der Waals surface area contributed by atoms with Gasteiger partial charge in [0, 0.05) is 17.1 Å². The predicted molar refractivity (Wildman–Crippen MR) is 66.8 cm³/mol. The Morgan fingerprint density at radius 3 is 2.60 bits per heavy atom. The Hall–Kier alpha value is -0.570. The van der Waals surface area contributed by atoms with E-state index in [1.54, 1.807) is 7.11 Å². The quantitative estimate of drug-likeness (QED) is 0.784. The number of pyridine rings is 1. The highest BCUT2D eigenvalue weighted by atomic mass is 79.9. The first kappa shape index (κ1) is 12.5. The molecule has 0 N–H and O–H groups in total. The van der Waals surface area contributed by atoms with Gasteiger partial charge in [0.2, 0.25) is 5.88 Å². The van der Waals surface area contributed by atoms with Gasteiger partial charge in [0.25, 0.3) is 0 Å². The Morgan fingerprint density at radius 2 is 2.13 bits per heavy atom. The van der Waals surface area contributed by atoms with Crippen molar-refractivity contribution in [3.8, 4) is 5.88 Å². The molecule has 84 valence electrons. The van der Waals surface area contributed by atoms with Crippen molar-refractivity contribution < 1.29 is 4.74 Å². The topological polar surface area (TPSA) is 22.1 Å². The lowest BCUT2D eigenvalue weighted by Gasteiger charge is -2.21. The molecule has 0 aliphatic rings. The smallest absolute Gasteiger partial charge is 0.215 e. The van der Waals surface area contributed by atoms with Crippen LogP contribution in [0.2, 0.25) is 0 Å². The number of ether oxygens (including phenoxy) is 1. The molecule has 0 aromatic carbocycles. The molecule has 0 unspecified atom stereocenters. The van der Waals surface area contributed by atoms with Gasteiger partial charge in [-0.1, -0.05) is 29.8 Å². The summed E-state index contributed by atoms with van der Waals surface area (Å²) in [6.45, 7) is 6.50. The summed E-state index contributed by atoms with van der Waals surface area (Å²) in [7, 11) is 1.65. The van der Waals surface area contributed by atoms with Crippen molar-refractivity contribution in [2.75, 3.05) is 12.4 Å². The molecule has 2 nitrogen and oxygen atoms in total. The molecule has 0 radical (unpaired) electrons. The zero-order chi connectivity index (χ0) is 11.5. The number of halogens is 1. The van der Waals surface area contributed by atoms with Crippen LogP contribution in [0.3, 0.4) is 0 Å². The average Bonchev–Trinajstić information content (AvgIpc) is 2.17. The molecule has 0 bridgehead atoms. The van der Waals surface area contributed by atoms with E-state index in [4.69, 9.17) is 4.74 Å². The summed E-state index contributed by atoms with van der Waals surface area (Å²) in [5.74, 6) is 0.718. The maximum Gasteiger partial charge on any atom is 0.215 e. The van der Waals surface area contributed by atoms with E-state index in [0.29, 0.717) is 0 Å². The highest BCUT2D eigenvalue weighted by Gasteiger charge is 2.17. The Balaban J connectivity index is 2.84. The van der Waals surface area contributed by atoms with Gasteiger partial charge in [-0.3, -0.25) is 0 Å². The molecule has 1 heterocycles. The van der Waals surface area contributed by atoms with Gasteiger partial charge in [-0.2, -0.15) is 0 Å². The third-order valence-corrected chi connectivity index (χ3v) is 3.84. The van der Waals surface area contributed by atoms with Crippen LogP contribution in [0.15, 0.2) is 12.3 Å². The molecule has 0 spiro atoms. The molecular weight excluding hydrogens is 254 g/mol. The number of rotatable bonds is 4. The number of hydrogen-bond donors (Lipinski definition) is 0. The molecular formula is C12H18BrNO. The summed E-state index contributed by atoms with van der Waals surface area (Å²) in [6.07, 6.45) is 2.92. The minimum Gasteiger partial charge on any atom is -0.481 e. The van der Waals surface area contributed by atoms with Crippen LogP contribution < -0.4 is 4.74 Å². The van der Waals surface area contributed by atoms with Crippen molar-refractivity contribution in [1.29, 1.82) is 0 Å². The predicted octanol–water partition coefficient (Wildman–Crippen LogP) is 3.36. The number of nitrogens with zero attached hydrogens (tertiary/aromatic N) is 1. The van der Waals surface area contributed by atoms with Crippen LogP contribution in [0.5, 0.6) is 5.88 Å². The molecule has 1 aromatic rings. The number of methoxy groups -OCH3 is 1. The van der Waals surface area contributed by atoms with Crippen LogP contribution in [0.4, 0.5) is 0 Å². The SMILES string of the molecule is COc1ncc(CC(C)(C)CBr)cc1C. The Morgan fingerprint density at radius 1 is 1.47 bits per heavy atom. The fourth-order valence-electron chi connectivity index (χ4n) is 1.53. The van der Waals surface area contributed by atoms with E-state index in [-0.39, 0.29) is 5.41 Å². The summed E-state index contributed by atoms with van der Waals surface area (Å²) in [6, 6.07) is 2.15. The van der Waals surface area contributed by atoms with E-state index in [1.807, 2.05) is 13.1 Å². The molecule has 1 rings (SSSR count). The monoisotopic (exact) mass is 271 g/mol. The molecule has 0 saturated carbocycles. The van der Waals surface area contributed by atoms with E-state index >= 15 is 0 Å². The normalized spacial score (nSPS) is 11.5. The van der Waals surface area contributed by atoms with E-state index in [9.17, 15) is 0 Å². The molecule has 0 saturated heterocycles. The van der Waals surface area contributed by atoms with Crippen LogP contribution >= 0.6 is 15.9 Å². The fraction of sp³-hybridized carbons (Fsp3) is 0.583. The molecule has 0 amide bonds. The molecule has 3 heteroatoms. The highest BCUT2D eigenvalue weighted by Crippen LogP contribution is 2.25. The van der Waals surface area contributed by atoms with Crippen molar-refractivity contribution in [1.82, 2.24) is 4.98 Å². The van der Waals surface area contributed by atoms with Gasteiger partial charge in [-0.05, 0) is 30.4 Å². The third-order valence-electron chi connectivity index (χ3n) is 2.32. The largest absolute Gasteiger partial charge is 0.481 e. The Labute approximate surface area is 100 Å². The van der Waals surface area contributed by atoms with Gasteiger partial charge < -0.3 is 4.74 Å². The molecule has 0 aliphatic carbocycles. The van der Waals surface area contributed by atoms with Crippen molar-refractivity contribution in [3.05, 3.63) is 23.4 Å². The van der Waals surface area contributed by atoms with Crippen LogP contribution in [0.25, 0.3) is 0 Å². The van der Waals surface area contributed by atoms with Gasteiger partial charge in [-0.15, -0.1) is 0 Å². The zero-order valence-electron chi connectivity index (χ0n) is 9.80. The summed E-state index contributed by atoms with van der Waals surface area (Å²) in [4.78, 5) is 4.28. The van der Waals surface area contributed by atoms with E-state index in [1.165, 1.54) is 5.56 Å². The first-order chi connectivity index (χ1) is 6.98. The third kappa shape index (κ3) is 3.49. The first-order valence-electron chi connectivity index (χ1n) is 5.04. The van der Waals surface area contributed by atoms with Crippen molar-refractivity contribution in [3.63, 3.8) is 0 Å². The summed E-state index contributed by atoms with van der Waals surface area (Å²) in [5, 5.41) is 0.991. The second-order valence-electron chi connectivity index (χ2n) is 4.64. The van der Waals surface area contributed by atoms with Gasteiger partial charge in [0.15, 0.2) is 0 Å². The van der Waals surface area contributed by atoms with Gasteiger partial charge in [0.05, 0.1) is 7.11 Å². The lowest BCUT2D eigenvalue weighted by atomic mass is 9.88. The summed E-state index contributed by atoms with van der Waals surface area (Å²) >= 11 is 3.53. The second kappa shape index (κ2) is 4.97. The van der Waals surface area contributed by atoms with Crippen LogP contribution in [-0.2, 0) is 6.42 Å². The number of hydrogen-bond acceptors (Lipinski definition) is 2. The molecule has 0 fully saturated rings. The van der Waals surface area contributed by atoms with Gasteiger partial charge in [0.1, 0.15) is 0 Å². The lowest BCUT2D eigenvalue weighted by Crippen LogP contribution is -2.16. The van der Waals surface area contributed by atoms with Crippen LogP contribution in [-0.4, -0.2) is 17.4 Å². The number of alkyl halides is 1. The minimum absolute atomic E-state index is 0.267. The average molecular weight is 272 g/mol. The molecule has 0 atom stereocenters. The maximum absolute atomic E-state index is 5.14. The second-order valence-corrected chi connectivity index (χ2v) is 5.21. The number of aromatic nitrogens is 1. The van der Waals surface area contributed by atoms with Crippen molar-refractivity contribution in [2.24, 2.45) is 5.41 Å². The Kier molecular flexibility index (Phi) is 4.14. The summed E-state index contributed by atoms with van der Waals surface area (Å²) < 4.78 is 5.14. The molecule has 0 aliphatic heterocycles. The number of aryl methyl sites for hydroxylation is 1. The van der Waals surface area contributed by atoms with E-state index < -0.39 is 0 Å². The first-order valence-corrected chi connectivity index (χ1v) is 6.16. The van der Waals surface area contributed by atoms with Crippen molar-refractivity contribution >= 4 is 15.9 Å². The molecule has 1 aromatic heterocycles. The standard InChI is InChI=1S/C12H18BrNO/c1-9-5-10(6-12(2,3)8-13)7-14-11(9)15-4/h5,7H,6,8H2,1-4H3. The van der Waals surface area contributed by atoms with E-state index in [0.717, 1.165) is 23.2 Å². The van der Waals surface area contributed by atoms with Gasteiger partial charge in [-0.25, -0.2) is 4.98 Å². The summed E-state index contributed by atoms with van der Waals surface area (Å²) in [5.41, 5.74) is 2.63. The molecule has 15 heavy (non-hydrogen) atoms. The fourth-order valence-corrected chi connectivity index (χ4v) is 1.73. The lowest BCUT2D eigenvalue weighted by molar-refractivity contribution is 0.391. The van der Waals surface area contributed by atoms with Gasteiger partial charge >= 0.3 is 0 Å². The Bertz CT molecular complexity index is 336. The highest BCUT2D eigenvalue weighted by molar-refractivity contribution is 9.09. The van der Waals surface area contributed by atoms with Crippen LogP contribution in [0.1, 0.15) is 25.0 Å². The van der Waals surface area contributed by atoms with Crippen LogP contribution in [0, 0.1) is 12.3 Å². The minimum atomic E-state index is 0.267. The van der Waals surface area contributed by atoms with E-state index in [2.05, 4.69) is 40.8 Å². The zero-order valence-corrected chi connectivity index (χ0v) is 11.4. The maximum atomic E-state index is 5.14. The van der Waals surface area contributed by atoms with Crippen molar-refractivity contribution in [2.45, 2.75) is 27.2 Å².